The molecular weight excluding hydrogens is 333 g/mol. The molecule has 1 N–H and O–H groups in total. The Morgan fingerprint density at radius 2 is 1.86 bits per heavy atom. The Labute approximate surface area is 133 Å². The second-order valence-corrected chi connectivity index (χ2v) is 6.07. The Morgan fingerprint density at radius 3 is 2.52 bits per heavy atom. The molecule has 0 aliphatic rings. The summed E-state index contributed by atoms with van der Waals surface area (Å²) in [6.45, 7) is 4.76. The van der Waals surface area contributed by atoms with Gasteiger partial charge in [0.25, 0.3) is 0 Å². The lowest BCUT2D eigenvalue weighted by molar-refractivity contribution is 0.189. The molecule has 0 saturated carbocycles. The Hall–Kier alpha value is -1.39. The molecule has 112 valence electrons. The van der Waals surface area contributed by atoms with E-state index in [1.54, 1.807) is 12.1 Å². The minimum atomic E-state index is -0.358. The molecule has 0 heterocycles. The summed E-state index contributed by atoms with van der Waals surface area (Å²) in [6.07, 6.45) is -0.239. The molecule has 0 spiro atoms. The molecule has 0 aliphatic carbocycles. The van der Waals surface area contributed by atoms with Crippen LogP contribution in [0, 0.1) is 5.82 Å². The zero-order valence-electron chi connectivity index (χ0n) is 12.1. The molecule has 0 bridgehead atoms. The first-order valence-electron chi connectivity index (χ1n) is 6.96. The van der Waals surface area contributed by atoms with Gasteiger partial charge in [0.1, 0.15) is 6.10 Å². The van der Waals surface area contributed by atoms with Gasteiger partial charge in [-0.3, -0.25) is 0 Å². The van der Waals surface area contributed by atoms with Crippen molar-refractivity contribution in [2.45, 2.75) is 26.0 Å². The minimum absolute atomic E-state index is 0.239. The van der Waals surface area contributed by atoms with Crippen LogP contribution in [0.15, 0.2) is 53.0 Å². The lowest BCUT2D eigenvalue weighted by Crippen LogP contribution is -2.30. The lowest BCUT2D eigenvalue weighted by atomic mass is 10.1. The molecule has 0 radical (unpaired) electrons. The highest BCUT2D eigenvalue weighted by Crippen LogP contribution is 2.27. The van der Waals surface area contributed by atoms with Crippen LogP contribution in [0.5, 0.6) is 5.75 Å². The highest BCUT2D eigenvalue weighted by atomic mass is 79.9. The maximum atomic E-state index is 13.9. The van der Waals surface area contributed by atoms with Crippen molar-refractivity contribution < 1.29 is 9.13 Å². The van der Waals surface area contributed by atoms with E-state index in [1.807, 2.05) is 30.3 Å². The normalized spacial score (nSPS) is 12.4. The molecule has 2 rings (SSSR count). The van der Waals surface area contributed by atoms with Crippen molar-refractivity contribution in [1.82, 2.24) is 5.32 Å². The number of nitrogens with one attached hydrogen (secondary N) is 1. The summed E-state index contributed by atoms with van der Waals surface area (Å²) in [4.78, 5) is 0. The molecule has 0 fully saturated rings. The number of hydrogen-bond acceptors (Lipinski definition) is 2. The van der Waals surface area contributed by atoms with Gasteiger partial charge in [-0.25, -0.2) is 4.39 Å². The fraction of sp³-hybridized carbons (Fsp3) is 0.294. The van der Waals surface area contributed by atoms with Crippen molar-refractivity contribution in [2.24, 2.45) is 0 Å². The van der Waals surface area contributed by atoms with Gasteiger partial charge in [-0.1, -0.05) is 60.1 Å². The Bertz CT molecular complexity index is 574. The van der Waals surface area contributed by atoms with Crippen molar-refractivity contribution in [2.75, 3.05) is 6.54 Å². The van der Waals surface area contributed by atoms with E-state index in [1.165, 1.54) is 6.07 Å². The van der Waals surface area contributed by atoms with E-state index in [0.29, 0.717) is 12.6 Å². The van der Waals surface area contributed by atoms with E-state index in [9.17, 15) is 4.39 Å². The van der Waals surface area contributed by atoms with Gasteiger partial charge in [-0.05, 0) is 23.8 Å². The minimum Gasteiger partial charge on any atom is -0.481 e. The topological polar surface area (TPSA) is 21.3 Å². The fourth-order valence-corrected chi connectivity index (χ4v) is 2.30. The van der Waals surface area contributed by atoms with Crippen LogP contribution in [0.3, 0.4) is 0 Å². The third-order valence-electron chi connectivity index (χ3n) is 3.05. The van der Waals surface area contributed by atoms with E-state index in [0.717, 1.165) is 10.0 Å². The van der Waals surface area contributed by atoms with E-state index < -0.39 is 0 Å². The van der Waals surface area contributed by atoms with Crippen molar-refractivity contribution in [3.05, 3.63) is 64.4 Å². The number of rotatable bonds is 6. The molecule has 4 heteroatoms. The van der Waals surface area contributed by atoms with Crippen molar-refractivity contribution in [3.8, 4) is 5.75 Å². The SMILES string of the molecule is CC(C)NCC(Oc1cc(Br)ccc1F)c1ccccc1. The van der Waals surface area contributed by atoms with Crippen LogP contribution in [0.25, 0.3) is 0 Å². The molecule has 2 aromatic rings. The summed E-state index contributed by atoms with van der Waals surface area (Å²) < 4.78 is 20.6. The van der Waals surface area contributed by atoms with Gasteiger partial charge in [-0.15, -0.1) is 0 Å². The van der Waals surface area contributed by atoms with Gasteiger partial charge in [0.2, 0.25) is 0 Å². The monoisotopic (exact) mass is 351 g/mol. The number of ether oxygens (including phenoxy) is 1. The van der Waals surface area contributed by atoms with Crippen LogP contribution in [-0.4, -0.2) is 12.6 Å². The first-order chi connectivity index (χ1) is 10.1. The quantitative estimate of drug-likeness (QED) is 0.813. The van der Waals surface area contributed by atoms with E-state index in [2.05, 4.69) is 35.1 Å². The maximum Gasteiger partial charge on any atom is 0.165 e. The molecule has 21 heavy (non-hydrogen) atoms. The Morgan fingerprint density at radius 1 is 1.14 bits per heavy atom. The molecule has 2 aromatic carbocycles. The first-order valence-corrected chi connectivity index (χ1v) is 7.75. The summed E-state index contributed by atoms with van der Waals surface area (Å²) in [7, 11) is 0. The van der Waals surface area contributed by atoms with Gasteiger partial charge in [0, 0.05) is 17.1 Å². The fourth-order valence-electron chi connectivity index (χ4n) is 1.96. The molecule has 1 unspecified atom stereocenters. The largest absolute Gasteiger partial charge is 0.481 e. The zero-order valence-corrected chi connectivity index (χ0v) is 13.7. The molecule has 0 aromatic heterocycles. The predicted molar refractivity (Wildman–Crippen MR) is 87.0 cm³/mol. The summed E-state index contributed by atoms with van der Waals surface area (Å²) in [6, 6.07) is 14.9. The van der Waals surface area contributed by atoms with Gasteiger partial charge >= 0.3 is 0 Å². The highest BCUT2D eigenvalue weighted by molar-refractivity contribution is 9.10. The van der Waals surface area contributed by atoms with Crippen LogP contribution in [0.1, 0.15) is 25.5 Å². The summed E-state index contributed by atoms with van der Waals surface area (Å²) >= 11 is 3.34. The van der Waals surface area contributed by atoms with Gasteiger partial charge < -0.3 is 10.1 Å². The second kappa shape index (κ2) is 7.57. The van der Waals surface area contributed by atoms with Crippen LogP contribution in [0.4, 0.5) is 4.39 Å². The molecule has 0 amide bonds. The van der Waals surface area contributed by atoms with Crippen LogP contribution in [-0.2, 0) is 0 Å². The summed E-state index contributed by atoms with van der Waals surface area (Å²) in [5, 5.41) is 3.34. The molecule has 0 aliphatic heterocycles. The van der Waals surface area contributed by atoms with E-state index in [-0.39, 0.29) is 17.7 Å². The molecule has 1 atom stereocenters. The third-order valence-corrected chi connectivity index (χ3v) is 3.54. The van der Waals surface area contributed by atoms with Gasteiger partial charge in [0.05, 0.1) is 0 Å². The standard InChI is InChI=1S/C17H19BrFNO/c1-12(2)20-11-17(13-6-4-3-5-7-13)21-16-10-14(18)8-9-15(16)19/h3-10,12,17,20H,11H2,1-2H3. The predicted octanol–water partition coefficient (Wildman–Crippen LogP) is 4.71. The molecular formula is C17H19BrFNO. The smallest absolute Gasteiger partial charge is 0.165 e. The van der Waals surface area contributed by atoms with E-state index >= 15 is 0 Å². The van der Waals surface area contributed by atoms with Crippen molar-refractivity contribution in [1.29, 1.82) is 0 Å². The van der Waals surface area contributed by atoms with Crippen LogP contribution < -0.4 is 10.1 Å². The average Bonchev–Trinajstić information content (AvgIpc) is 2.47. The third kappa shape index (κ3) is 4.83. The van der Waals surface area contributed by atoms with Gasteiger partial charge in [-0.2, -0.15) is 0 Å². The van der Waals surface area contributed by atoms with Crippen LogP contribution >= 0.6 is 15.9 Å². The Balaban J connectivity index is 2.21. The molecule has 0 saturated heterocycles. The van der Waals surface area contributed by atoms with Crippen LogP contribution in [0.2, 0.25) is 0 Å². The van der Waals surface area contributed by atoms with Crippen molar-refractivity contribution >= 4 is 15.9 Å². The lowest BCUT2D eigenvalue weighted by Gasteiger charge is -2.22. The zero-order chi connectivity index (χ0) is 15.2. The number of halogens is 2. The molecule has 2 nitrogen and oxygen atoms in total. The van der Waals surface area contributed by atoms with E-state index in [4.69, 9.17) is 4.74 Å². The van der Waals surface area contributed by atoms with Crippen molar-refractivity contribution in [3.63, 3.8) is 0 Å². The van der Waals surface area contributed by atoms with Gasteiger partial charge in [0.15, 0.2) is 11.6 Å². The Kier molecular flexibility index (Phi) is 5.76. The summed E-state index contributed by atoms with van der Waals surface area (Å²) in [5.74, 6) is -0.104. The summed E-state index contributed by atoms with van der Waals surface area (Å²) in [5.41, 5.74) is 1.02. The average molecular weight is 352 g/mol. The number of hydrogen-bond donors (Lipinski definition) is 1. The second-order valence-electron chi connectivity index (χ2n) is 5.15. The maximum absolute atomic E-state index is 13.9. The number of benzene rings is 2. The first kappa shape index (κ1) is 16.0. The highest BCUT2D eigenvalue weighted by Gasteiger charge is 2.16.